The summed E-state index contributed by atoms with van der Waals surface area (Å²) in [5.41, 5.74) is 5.72. The van der Waals surface area contributed by atoms with Crippen LogP contribution in [0, 0.1) is 17.8 Å². The van der Waals surface area contributed by atoms with E-state index in [1.807, 2.05) is 0 Å². The van der Waals surface area contributed by atoms with E-state index in [-0.39, 0.29) is 12.5 Å². The predicted octanol–water partition coefficient (Wildman–Crippen LogP) is 1.13. The molecule has 0 unspecified atom stereocenters. The monoisotopic (exact) mass is 276 g/mol. The molecular weight excluding hydrogens is 256 g/mol. The number of nitrogens with zero attached hydrogens (tertiary/aromatic N) is 2. The number of hydrogen-bond acceptors (Lipinski definition) is 3. The molecule has 0 spiro atoms. The first-order valence-electron chi connectivity index (χ1n) is 7.21. The van der Waals surface area contributed by atoms with Gasteiger partial charge in [0.1, 0.15) is 6.54 Å². The van der Waals surface area contributed by atoms with Crippen molar-refractivity contribution in [3.63, 3.8) is 0 Å². The van der Waals surface area contributed by atoms with Crippen molar-refractivity contribution < 1.29 is 9.59 Å². The van der Waals surface area contributed by atoms with Gasteiger partial charge in [-0.3, -0.25) is 14.3 Å². The second-order valence-corrected chi connectivity index (χ2v) is 6.08. The minimum atomic E-state index is -0.451. The number of nitrogens with one attached hydrogen (secondary N) is 1. The Morgan fingerprint density at radius 1 is 1.40 bits per heavy atom. The third kappa shape index (κ3) is 2.84. The minimum Gasteiger partial charge on any atom is -0.368 e. The van der Waals surface area contributed by atoms with Crippen molar-refractivity contribution in [2.75, 3.05) is 5.32 Å². The van der Waals surface area contributed by atoms with E-state index < -0.39 is 5.91 Å². The van der Waals surface area contributed by atoms with Gasteiger partial charge in [-0.15, -0.1) is 0 Å². The minimum absolute atomic E-state index is 0.0300. The maximum Gasteiger partial charge on any atom is 0.239 e. The van der Waals surface area contributed by atoms with Gasteiger partial charge in [0.25, 0.3) is 0 Å². The third-order valence-electron chi connectivity index (χ3n) is 4.57. The molecule has 0 radical (unpaired) electrons. The Morgan fingerprint density at radius 3 is 2.90 bits per heavy atom. The van der Waals surface area contributed by atoms with Crippen molar-refractivity contribution in [1.29, 1.82) is 0 Å². The zero-order chi connectivity index (χ0) is 14.1. The van der Waals surface area contributed by atoms with Crippen LogP contribution in [0.15, 0.2) is 12.4 Å². The highest BCUT2D eigenvalue weighted by Gasteiger charge is 2.40. The molecule has 2 fully saturated rings. The quantitative estimate of drug-likeness (QED) is 0.844. The number of fused-ring (bicyclic) bond motifs is 2. The number of hydrogen-bond donors (Lipinski definition) is 2. The van der Waals surface area contributed by atoms with E-state index in [2.05, 4.69) is 10.4 Å². The number of carbonyl (C=O) groups excluding carboxylic acids is 2. The highest BCUT2D eigenvalue weighted by Crippen LogP contribution is 2.49. The molecule has 6 heteroatoms. The molecule has 0 saturated heterocycles. The van der Waals surface area contributed by atoms with Crippen LogP contribution in [0.25, 0.3) is 0 Å². The van der Waals surface area contributed by atoms with Crippen molar-refractivity contribution in [1.82, 2.24) is 9.78 Å². The van der Waals surface area contributed by atoms with Gasteiger partial charge in [-0.2, -0.15) is 5.10 Å². The molecule has 20 heavy (non-hydrogen) atoms. The molecule has 3 rings (SSSR count). The highest BCUT2D eigenvalue weighted by molar-refractivity contribution is 5.90. The SMILES string of the molecule is NC(=O)Cn1cc(NC(=O)C[C@H]2C[C@H]3CC[C@H]2C3)cn1. The van der Waals surface area contributed by atoms with Crippen molar-refractivity contribution in [2.24, 2.45) is 23.5 Å². The molecule has 0 aromatic carbocycles. The molecule has 1 aromatic rings. The molecule has 0 aliphatic heterocycles. The molecule has 1 heterocycles. The van der Waals surface area contributed by atoms with Gasteiger partial charge in [0, 0.05) is 12.6 Å². The van der Waals surface area contributed by atoms with Gasteiger partial charge in [0.05, 0.1) is 11.9 Å². The summed E-state index contributed by atoms with van der Waals surface area (Å²) in [5, 5.41) is 6.83. The molecule has 3 N–H and O–H groups in total. The van der Waals surface area contributed by atoms with Crippen LogP contribution in [0.1, 0.15) is 32.1 Å². The number of rotatable bonds is 5. The second-order valence-electron chi connectivity index (χ2n) is 6.08. The van der Waals surface area contributed by atoms with Crippen LogP contribution in [0.2, 0.25) is 0 Å². The van der Waals surface area contributed by atoms with Gasteiger partial charge in [0.15, 0.2) is 0 Å². The second kappa shape index (κ2) is 5.26. The summed E-state index contributed by atoms with van der Waals surface area (Å²) in [6.45, 7) is 0.0300. The Balaban J connectivity index is 1.51. The average molecular weight is 276 g/mol. The Labute approximate surface area is 117 Å². The smallest absolute Gasteiger partial charge is 0.239 e. The lowest BCUT2D eigenvalue weighted by Crippen LogP contribution is -2.20. The lowest BCUT2D eigenvalue weighted by atomic mass is 9.86. The Morgan fingerprint density at radius 2 is 2.25 bits per heavy atom. The Hall–Kier alpha value is -1.85. The Bertz CT molecular complexity index is 525. The molecule has 2 aliphatic carbocycles. The maximum atomic E-state index is 12.0. The Kier molecular flexibility index (Phi) is 3.46. The van der Waals surface area contributed by atoms with Gasteiger partial charge in [-0.1, -0.05) is 6.42 Å². The van der Waals surface area contributed by atoms with Crippen LogP contribution in [-0.4, -0.2) is 21.6 Å². The molecule has 2 aliphatic rings. The number of anilines is 1. The summed E-state index contributed by atoms with van der Waals surface area (Å²) in [6, 6.07) is 0. The predicted molar refractivity (Wildman–Crippen MR) is 73.6 cm³/mol. The van der Waals surface area contributed by atoms with E-state index in [0.717, 1.165) is 11.8 Å². The fourth-order valence-corrected chi connectivity index (χ4v) is 3.75. The molecule has 108 valence electrons. The molecule has 1 aromatic heterocycles. The standard InChI is InChI=1S/C14H20N4O2/c15-13(19)8-18-7-12(6-16-18)17-14(20)5-11-4-9-1-2-10(11)3-9/h6-7,9-11H,1-5,8H2,(H2,15,19)(H,17,20)/t9-,10-,11+/m0/s1. The van der Waals surface area contributed by atoms with Crippen molar-refractivity contribution >= 4 is 17.5 Å². The van der Waals surface area contributed by atoms with E-state index in [0.29, 0.717) is 18.0 Å². The lowest BCUT2D eigenvalue weighted by Gasteiger charge is -2.20. The molecule has 3 atom stereocenters. The normalized spacial score (nSPS) is 27.7. The molecule has 2 amide bonds. The van der Waals surface area contributed by atoms with E-state index in [1.165, 1.54) is 30.4 Å². The van der Waals surface area contributed by atoms with Crippen LogP contribution < -0.4 is 11.1 Å². The summed E-state index contributed by atoms with van der Waals surface area (Å²) < 4.78 is 1.43. The van der Waals surface area contributed by atoms with Crippen LogP contribution >= 0.6 is 0 Å². The summed E-state index contributed by atoms with van der Waals surface area (Å²) in [7, 11) is 0. The topological polar surface area (TPSA) is 90.0 Å². The van der Waals surface area contributed by atoms with Crippen LogP contribution in [0.5, 0.6) is 0 Å². The largest absolute Gasteiger partial charge is 0.368 e. The number of aromatic nitrogens is 2. The summed E-state index contributed by atoms with van der Waals surface area (Å²) in [5.74, 6) is 1.75. The first kappa shape index (κ1) is 13.1. The molecule has 2 saturated carbocycles. The number of amides is 2. The van der Waals surface area contributed by atoms with Gasteiger partial charge in [0.2, 0.25) is 11.8 Å². The van der Waals surface area contributed by atoms with E-state index in [4.69, 9.17) is 5.73 Å². The van der Waals surface area contributed by atoms with Crippen LogP contribution in [0.3, 0.4) is 0 Å². The summed E-state index contributed by atoms with van der Waals surface area (Å²) in [6.07, 6.45) is 8.93. The van der Waals surface area contributed by atoms with E-state index in [1.54, 1.807) is 12.4 Å². The van der Waals surface area contributed by atoms with Gasteiger partial charge in [-0.25, -0.2) is 0 Å². The van der Waals surface area contributed by atoms with Crippen molar-refractivity contribution in [3.8, 4) is 0 Å². The first-order valence-corrected chi connectivity index (χ1v) is 7.21. The van der Waals surface area contributed by atoms with Crippen molar-refractivity contribution in [2.45, 2.75) is 38.6 Å². The molecular formula is C14H20N4O2. The number of carbonyl (C=O) groups is 2. The van der Waals surface area contributed by atoms with Gasteiger partial charge >= 0.3 is 0 Å². The van der Waals surface area contributed by atoms with Crippen LogP contribution in [-0.2, 0) is 16.1 Å². The number of primary amides is 1. The van der Waals surface area contributed by atoms with Crippen LogP contribution in [0.4, 0.5) is 5.69 Å². The third-order valence-corrected chi connectivity index (χ3v) is 4.57. The summed E-state index contributed by atoms with van der Waals surface area (Å²) >= 11 is 0. The first-order chi connectivity index (χ1) is 9.60. The van der Waals surface area contributed by atoms with Crippen molar-refractivity contribution in [3.05, 3.63) is 12.4 Å². The van der Waals surface area contributed by atoms with Gasteiger partial charge < -0.3 is 11.1 Å². The van der Waals surface area contributed by atoms with E-state index >= 15 is 0 Å². The lowest BCUT2D eigenvalue weighted by molar-refractivity contribution is -0.119. The fourth-order valence-electron chi connectivity index (χ4n) is 3.75. The fraction of sp³-hybridized carbons (Fsp3) is 0.643. The maximum absolute atomic E-state index is 12.0. The van der Waals surface area contributed by atoms with E-state index in [9.17, 15) is 9.59 Å². The van der Waals surface area contributed by atoms with Gasteiger partial charge in [-0.05, 0) is 37.0 Å². The molecule has 2 bridgehead atoms. The zero-order valence-electron chi connectivity index (χ0n) is 11.4. The average Bonchev–Trinajstić information content (AvgIpc) is 3.05. The number of nitrogens with two attached hydrogens (primary N) is 1. The highest BCUT2D eigenvalue weighted by atomic mass is 16.2. The summed E-state index contributed by atoms with van der Waals surface area (Å²) in [4.78, 5) is 22.8. The molecule has 6 nitrogen and oxygen atoms in total. The zero-order valence-corrected chi connectivity index (χ0v) is 11.4.